The lowest BCUT2D eigenvalue weighted by atomic mass is 10.00. The fraction of sp³-hybridized carbons (Fsp3) is 0.333. The van der Waals surface area contributed by atoms with Crippen molar-refractivity contribution in [1.82, 2.24) is 14.5 Å². The topological polar surface area (TPSA) is 47.4 Å². The van der Waals surface area contributed by atoms with Crippen LogP contribution in [0.4, 0.5) is 0 Å². The molecule has 7 heteroatoms. The van der Waals surface area contributed by atoms with Gasteiger partial charge in [-0.25, -0.2) is 4.98 Å². The van der Waals surface area contributed by atoms with Crippen LogP contribution in [0.2, 0.25) is 5.02 Å². The molecule has 3 aromatic rings. The largest absolute Gasteiger partial charge is 0.383 e. The molecular weight excluding hydrogens is 394 g/mol. The fourth-order valence-corrected chi connectivity index (χ4v) is 4.63. The monoisotopic (exact) mass is 415 g/mol. The van der Waals surface area contributed by atoms with Crippen molar-refractivity contribution in [2.24, 2.45) is 0 Å². The zero-order valence-electron chi connectivity index (χ0n) is 15.7. The van der Waals surface area contributed by atoms with Gasteiger partial charge in [-0.15, -0.1) is 0 Å². The van der Waals surface area contributed by atoms with Crippen molar-refractivity contribution in [1.29, 1.82) is 0 Å². The van der Waals surface area contributed by atoms with E-state index >= 15 is 0 Å². The third-order valence-corrected chi connectivity index (χ3v) is 6.20. The molecule has 0 atom stereocenters. The summed E-state index contributed by atoms with van der Waals surface area (Å²) in [7, 11) is 1.68. The van der Waals surface area contributed by atoms with Crippen molar-refractivity contribution >= 4 is 40.3 Å². The predicted octanol–water partition coefficient (Wildman–Crippen LogP) is 4.01. The zero-order valence-corrected chi connectivity index (χ0v) is 17.3. The molecule has 0 aliphatic carbocycles. The van der Waals surface area contributed by atoms with E-state index in [0.717, 1.165) is 29.2 Å². The van der Waals surface area contributed by atoms with Gasteiger partial charge in [-0.1, -0.05) is 47.6 Å². The molecule has 1 aromatic heterocycles. The quantitative estimate of drug-likeness (QED) is 0.570. The molecule has 146 valence electrons. The Morgan fingerprint density at radius 3 is 2.89 bits per heavy atom. The highest BCUT2D eigenvalue weighted by Gasteiger charge is 2.21. The average molecular weight is 416 g/mol. The predicted molar refractivity (Wildman–Crippen MR) is 113 cm³/mol. The second-order valence-electron chi connectivity index (χ2n) is 6.79. The van der Waals surface area contributed by atoms with E-state index in [4.69, 9.17) is 21.3 Å². The Hall–Kier alpha value is -2.02. The maximum Gasteiger partial charge on any atom is 0.233 e. The van der Waals surface area contributed by atoms with Crippen LogP contribution in [0, 0.1) is 0 Å². The number of hydrogen-bond donors (Lipinski definition) is 0. The van der Waals surface area contributed by atoms with E-state index in [0.29, 0.717) is 30.5 Å². The molecule has 28 heavy (non-hydrogen) atoms. The first-order valence-electron chi connectivity index (χ1n) is 9.28. The summed E-state index contributed by atoms with van der Waals surface area (Å²) >= 11 is 7.59. The van der Waals surface area contributed by atoms with Gasteiger partial charge >= 0.3 is 0 Å². The molecule has 1 aliphatic rings. The van der Waals surface area contributed by atoms with E-state index in [2.05, 4.69) is 22.8 Å². The second-order valence-corrected chi connectivity index (χ2v) is 8.17. The lowest BCUT2D eigenvalue weighted by Gasteiger charge is -2.28. The molecule has 0 saturated carbocycles. The van der Waals surface area contributed by atoms with Gasteiger partial charge in [0.1, 0.15) is 0 Å². The molecule has 0 bridgehead atoms. The molecule has 1 aliphatic heterocycles. The van der Waals surface area contributed by atoms with Gasteiger partial charge in [-0.3, -0.25) is 4.79 Å². The van der Waals surface area contributed by atoms with E-state index in [1.807, 2.05) is 29.2 Å². The van der Waals surface area contributed by atoms with Crippen LogP contribution in [-0.2, 0) is 29.0 Å². The molecule has 0 N–H and O–H groups in total. The van der Waals surface area contributed by atoms with E-state index in [9.17, 15) is 4.79 Å². The minimum absolute atomic E-state index is 0.142. The number of fused-ring (bicyclic) bond motifs is 2. The molecule has 0 fully saturated rings. The molecular formula is C21H22ClN3O2S. The number of amides is 1. The Kier molecular flexibility index (Phi) is 5.90. The summed E-state index contributed by atoms with van der Waals surface area (Å²) in [5.41, 5.74) is 4.43. The van der Waals surface area contributed by atoms with Gasteiger partial charge in [0, 0.05) is 31.8 Å². The van der Waals surface area contributed by atoms with Gasteiger partial charge in [0.2, 0.25) is 5.91 Å². The standard InChI is InChI=1S/C21H22ClN3O2S/c1-27-11-10-25-19-7-6-17(22)12-18(19)23-21(25)28-14-20(26)24-9-8-15-4-2-3-5-16(15)13-24/h2-7,12H,8-11,13-14H2,1H3. The molecule has 1 amide bonds. The number of ether oxygens (including phenoxy) is 1. The zero-order chi connectivity index (χ0) is 19.5. The molecule has 5 nitrogen and oxygen atoms in total. The molecule has 2 heterocycles. The summed E-state index contributed by atoms with van der Waals surface area (Å²) in [5, 5.41) is 1.48. The number of halogens is 1. The fourth-order valence-electron chi connectivity index (χ4n) is 3.52. The van der Waals surface area contributed by atoms with Gasteiger partial charge in [-0.2, -0.15) is 0 Å². The number of carbonyl (C=O) groups excluding carboxylic acids is 1. The van der Waals surface area contributed by atoms with Gasteiger partial charge in [0.25, 0.3) is 0 Å². The second kappa shape index (κ2) is 8.55. The number of imidazole rings is 1. The minimum Gasteiger partial charge on any atom is -0.383 e. The van der Waals surface area contributed by atoms with Crippen molar-refractivity contribution in [3.05, 3.63) is 58.6 Å². The summed E-state index contributed by atoms with van der Waals surface area (Å²) in [6, 6.07) is 14.0. The van der Waals surface area contributed by atoms with Crippen LogP contribution < -0.4 is 0 Å². The van der Waals surface area contributed by atoms with Gasteiger partial charge in [0.05, 0.1) is 23.4 Å². The van der Waals surface area contributed by atoms with Crippen LogP contribution in [0.1, 0.15) is 11.1 Å². The molecule has 0 radical (unpaired) electrons. The maximum absolute atomic E-state index is 12.8. The van der Waals surface area contributed by atoms with Crippen molar-refractivity contribution in [2.75, 3.05) is 26.0 Å². The van der Waals surface area contributed by atoms with Crippen molar-refractivity contribution < 1.29 is 9.53 Å². The SMILES string of the molecule is COCCn1c(SCC(=O)N2CCc3ccccc3C2)nc2cc(Cl)ccc21. The van der Waals surface area contributed by atoms with Gasteiger partial charge < -0.3 is 14.2 Å². The average Bonchev–Trinajstić information content (AvgIpc) is 3.06. The number of thioether (sulfide) groups is 1. The molecule has 0 spiro atoms. The van der Waals surface area contributed by atoms with Crippen LogP contribution in [0.5, 0.6) is 0 Å². The first kappa shape index (κ1) is 19.3. The Morgan fingerprint density at radius 1 is 1.25 bits per heavy atom. The van der Waals surface area contributed by atoms with E-state index in [-0.39, 0.29) is 5.91 Å². The normalized spacial score (nSPS) is 13.7. The Labute approximate surface area is 173 Å². The summed E-state index contributed by atoms with van der Waals surface area (Å²) in [6.07, 6.45) is 0.914. The first-order valence-corrected chi connectivity index (χ1v) is 10.6. The van der Waals surface area contributed by atoms with Gasteiger partial charge in [0.15, 0.2) is 5.16 Å². The highest BCUT2D eigenvalue weighted by Crippen LogP contribution is 2.27. The van der Waals surface area contributed by atoms with Gasteiger partial charge in [-0.05, 0) is 35.7 Å². The smallest absolute Gasteiger partial charge is 0.233 e. The number of methoxy groups -OCH3 is 1. The number of benzene rings is 2. The van der Waals surface area contributed by atoms with Crippen molar-refractivity contribution in [3.8, 4) is 0 Å². The summed E-state index contributed by atoms with van der Waals surface area (Å²) in [5.74, 6) is 0.509. The summed E-state index contributed by atoms with van der Waals surface area (Å²) in [6.45, 7) is 2.72. The highest BCUT2D eigenvalue weighted by atomic mass is 35.5. The number of carbonyl (C=O) groups is 1. The van der Waals surface area contributed by atoms with Crippen LogP contribution in [-0.4, -0.2) is 46.4 Å². The third-order valence-electron chi connectivity index (χ3n) is 5.00. The Bertz CT molecular complexity index is 1000. The number of nitrogens with zero attached hydrogens (tertiary/aromatic N) is 3. The van der Waals surface area contributed by atoms with Crippen LogP contribution in [0.25, 0.3) is 11.0 Å². The third kappa shape index (κ3) is 4.04. The van der Waals surface area contributed by atoms with Crippen LogP contribution in [0.15, 0.2) is 47.6 Å². The van der Waals surface area contributed by atoms with Crippen molar-refractivity contribution in [3.63, 3.8) is 0 Å². The highest BCUT2D eigenvalue weighted by molar-refractivity contribution is 7.99. The summed E-state index contributed by atoms with van der Waals surface area (Å²) in [4.78, 5) is 19.4. The van der Waals surface area contributed by atoms with Crippen molar-refractivity contribution in [2.45, 2.75) is 24.7 Å². The number of aromatic nitrogens is 2. The van der Waals surface area contributed by atoms with E-state index in [1.54, 1.807) is 7.11 Å². The lowest BCUT2D eigenvalue weighted by Crippen LogP contribution is -2.37. The number of rotatable bonds is 6. The first-order chi connectivity index (χ1) is 13.7. The number of hydrogen-bond acceptors (Lipinski definition) is 4. The maximum atomic E-state index is 12.8. The van der Waals surface area contributed by atoms with E-state index in [1.165, 1.54) is 22.9 Å². The minimum atomic E-state index is 0.142. The van der Waals surface area contributed by atoms with Crippen LogP contribution in [0.3, 0.4) is 0 Å². The molecule has 0 saturated heterocycles. The molecule has 2 aromatic carbocycles. The van der Waals surface area contributed by atoms with E-state index < -0.39 is 0 Å². The lowest BCUT2D eigenvalue weighted by molar-refractivity contribution is -0.129. The summed E-state index contributed by atoms with van der Waals surface area (Å²) < 4.78 is 7.33. The Morgan fingerprint density at radius 2 is 2.07 bits per heavy atom. The molecule has 0 unspecified atom stereocenters. The Balaban J connectivity index is 1.48. The van der Waals surface area contributed by atoms with Crippen LogP contribution >= 0.6 is 23.4 Å². The molecule has 4 rings (SSSR count).